The quantitative estimate of drug-likeness (QED) is 0.675. The topological polar surface area (TPSA) is 51.7 Å². The van der Waals surface area contributed by atoms with Crippen molar-refractivity contribution in [2.75, 3.05) is 6.54 Å². The number of benzene rings is 1. The number of nitrogens with zero attached hydrogens (tertiary/aromatic N) is 2. The summed E-state index contributed by atoms with van der Waals surface area (Å²) in [5.41, 5.74) is 1.46. The average Bonchev–Trinajstić information content (AvgIpc) is 2.64. The van der Waals surface area contributed by atoms with Gasteiger partial charge in [0, 0.05) is 22.7 Å². The standard InChI is InChI=1S/C21H23ClF2N2O3/c1-21(2,3)29-20(27)26-7-6-13-8-15(10-23)19(25-18(13)11-26)28-12-14-4-5-16(22)9-17(14)24/h4-5,8-9H,6-7,10-12H2,1-3H3. The molecule has 0 bridgehead atoms. The molecule has 0 aliphatic carbocycles. The molecule has 0 N–H and O–H groups in total. The summed E-state index contributed by atoms with van der Waals surface area (Å²) >= 11 is 5.76. The van der Waals surface area contributed by atoms with Crippen molar-refractivity contribution in [3.8, 4) is 5.88 Å². The zero-order chi connectivity index (χ0) is 21.2. The number of hydrogen-bond acceptors (Lipinski definition) is 4. The number of ether oxygens (including phenoxy) is 2. The van der Waals surface area contributed by atoms with Gasteiger partial charge < -0.3 is 14.4 Å². The van der Waals surface area contributed by atoms with Crippen LogP contribution in [0.3, 0.4) is 0 Å². The van der Waals surface area contributed by atoms with Crippen LogP contribution < -0.4 is 4.74 Å². The van der Waals surface area contributed by atoms with Crippen LogP contribution in [0.25, 0.3) is 0 Å². The summed E-state index contributed by atoms with van der Waals surface area (Å²) < 4.78 is 38.5. The maximum atomic E-state index is 14.0. The lowest BCUT2D eigenvalue weighted by Gasteiger charge is -2.31. The number of rotatable bonds is 4. The van der Waals surface area contributed by atoms with Gasteiger partial charge in [0.1, 0.15) is 24.7 Å². The Bertz CT molecular complexity index is 916. The Morgan fingerprint density at radius 3 is 2.69 bits per heavy atom. The highest BCUT2D eigenvalue weighted by atomic mass is 35.5. The van der Waals surface area contributed by atoms with Crippen LogP contribution in [0, 0.1) is 5.82 Å². The third kappa shape index (κ3) is 5.35. The van der Waals surface area contributed by atoms with Gasteiger partial charge in [-0.05, 0) is 51.0 Å². The minimum absolute atomic E-state index is 0.0895. The second kappa shape index (κ2) is 8.53. The number of hydrogen-bond donors (Lipinski definition) is 0. The fraction of sp³-hybridized carbons (Fsp3) is 0.429. The summed E-state index contributed by atoms with van der Waals surface area (Å²) in [5.74, 6) is -0.417. The van der Waals surface area contributed by atoms with Gasteiger partial charge in [0.05, 0.1) is 12.2 Å². The molecule has 0 fully saturated rings. The van der Waals surface area contributed by atoms with Crippen LogP contribution in [0.5, 0.6) is 5.88 Å². The third-order valence-electron chi connectivity index (χ3n) is 4.40. The van der Waals surface area contributed by atoms with Crippen molar-refractivity contribution in [3.63, 3.8) is 0 Å². The number of pyridine rings is 1. The third-order valence-corrected chi connectivity index (χ3v) is 4.63. The molecule has 5 nitrogen and oxygen atoms in total. The van der Waals surface area contributed by atoms with Crippen molar-refractivity contribution in [2.45, 2.75) is 52.6 Å². The molecule has 29 heavy (non-hydrogen) atoms. The van der Waals surface area contributed by atoms with E-state index in [1.165, 1.54) is 12.1 Å². The molecule has 1 aliphatic rings. The van der Waals surface area contributed by atoms with Gasteiger partial charge in [-0.2, -0.15) is 0 Å². The predicted molar refractivity (Wildman–Crippen MR) is 105 cm³/mol. The summed E-state index contributed by atoms with van der Waals surface area (Å²) in [6.45, 7) is 5.24. The van der Waals surface area contributed by atoms with Crippen LogP contribution in [0.4, 0.5) is 13.6 Å². The molecule has 2 heterocycles. The van der Waals surface area contributed by atoms with E-state index in [-0.39, 0.29) is 29.6 Å². The minimum atomic E-state index is -0.755. The molecule has 3 rings (SSSR count). The van der Waals surface area contributed by atoms with E-state index in [2.05, 4.69) is 4.98 Å². The Morgan fingerprint density at radius 1 is 1.28 bits per heavy atom. The second-order valence-electron chi connectivity index (χ2n) is 7.87. The molecule has 0 unspecified atom stereocenters. The number of carbonyl (C=O) groups excluding carboxylic acids is 1. The van der Waals surface area contributed by atoms with Crippen LogP contribution in [-0.2, 0) is 31.0 Å². The van der Waals surface area contributed by atoms with Crippen molar-refractivity contribution in [3.05, 3.63) is 57.5 Å². The molecular formula is C21H23ClF2N2O3. The van der Waals surface area contributed by atoms with Gasteiger partial charge in [-0.3, -0.25) is 0 Å². The van der Waals surface area contributed by atoms with Gasteiger partial charge in [0.2, 0.25) is 5.88 Å². The number of aromatic nitrogens is 1. The molecule has 0 atom stereocenters. The smallest absolute Gasteiger partial charge is 0.410 e. The Hall–Kier alpha value is -2.41. The Kier molecular flexibility index (Phi) is 6.27. The molecule has 1 aliphatic heterocycles. The Labute approximate surface area is 173 Å². The van der Waals surface area contributed by atoms with Crippen LogP contribution in [0.15, 0.2) is 24.3 Å². The number of fused-ring (bicyclic) bond motifs is 1. The predicted octanol–water partition coefficient (Wildman–Crippen LogP) is 5.22. The minimum Gasteiger partial charge on any atom is -0.472 e. The normalized spacial score (nSPS) is 13.8. The highest BCUT2D eigenvalue weighted by Gasteiger charge is 2.27. The number of halogens is 3. The van der Waals surface area contributed by atoms with Crippen molar-refractivity contribution in [2.24, 2.45) is 0 Å². The zero-order valence-corrected chi connectivity index (χ0v) is 17.4. The molecule has 0 saturated carbocycles. The average molecular weight is 425 g/mol. The lowest BCUT2D eigenvalue weighted by molar-refractivity contribution is 0.0220. The summed E-state index contributed by atoms with van der Waals surface area (Å²) in [6, 6.07) is 5.95. The zero-order valence-electron chi connectivity index (χ0n) is 16.6. The first-order valence-electron chi connectivity index (χ1n) is 9.28. The van der Waals surface area contributed by atoms with Gasteiger partial charge in [0.25, 0.3) is 0 Å². The van der Waals surface area contributed by atoms with Crippen molar-refractivity contribution < 1.29 is 23.0 Å². The first-order chi connectivity index (χ1) is 13.7. The molecule has 8 heteroatoms. The van der Waals surface area contributed by atoms with Crippen LogP contribution >= 0.6 is 11.6 Å². The molecule has 1 aromatic heterocycles. The van der Waals surface area contributed by atoms with Gasteiger partial charge in [-0.15, -0.1) is 0 Å². The largest absolute Gasteiger partial charge is 0.472 e. The highest BCUT2D eigenvalue weighted by molar-refractivity contribution is 6.30. The fourth-order valence-corrected chi connectivity index (χ4v) is 3.14. The van der Waals surface area contributed by atoms with Crippen LogP contribution in [-0.4, -0.2) is 28.1 Å². The summed E-state index contributed by atoms with van der Waals surface area (Å²) in [7, 11) is 0. The van der Waals surface area contributed by atoms with Gasteiger partial charge in [-0.25, -0.2) is 18.6 Å². The highest BCUT2D eigenvalue weighted by Crippen LogP contribution is 2.27. The van der Waals surface area contributed by atoms with Crippen molar-refractivity contribution in [1.82, 2.24) is 9.88 Å². The second-order valence-corrected chi connectivity index (χ2v) is 8.30. The first kappa shape index (κ1) is 21.3. The van der Waals surface area contributed by atoms with E-state index in [4.69, 9.17) is 21.1 Å². The lowest BCUT2D eigenvalue weighted by atomic mass is 10.0. The maximum absolute atomic E-state index is 14.0. The maximum Gasteiger partial charge on any atom is 0.410 e. The number of alkyl halides is 1. The van der Waals surface area contributed by atoms with Crippen LogP contribution in [0.1, 0.15) is 43.2 Å². The monoisotopic (exact) mass is 424 g/mol. The van der Waals surface area contributed by atoms with Gasteiger partial charge in [-0.1, -0.05) is 17.7 Å². The molecule has 0 spiro atoms. The van der Waals surface area contributed by atoms with E-state index in [9.17, 15) is 13.6 Å². The van der Waals surface area contributed by atoms with Crippen molar-refractivity contribution in [1.29, 1.82) is 0 Å². The molecule has 1 amide bonds. The van der Waals surface area contributed by atoms with E-state index in [0.717, 1.165) is 5.56 Å². The first-order valence-corrected chi connectivity index (χ1v) is 9.66. The van der Waals surface area contributed by atoms with Gasteiger partial charge in [0.15, 0.2) is 0 Å². The number of carbonyl (C=O) groups is 1. The van der Waals surface area contributed by atoms with E-state index >= 15 is 0 Å². The fourth-order valence-electron chi connectivity index (χ4n) is 2.98. The summed E-state index contributed by atoms with van der Waals surface area (Å²) in [5, 5.41) is 0.282. The summed E-state index contributed by atoms with van der Waals surface area (Å²) in [6.07, 6.45) is 0.117. The number of amides is 1. The SMILES string of the molecule is CC(C)(C)OC(=O)N1CCc2cc(CF)c(OCc3ccc(Cl)cc3F)nc2C1. The van der Waals surface area contributed by atoms with Crippen LogP contribution in [0.2, 0.25) is 5.02 Å². The van der Waals surface area contributed by atoms with Crippen molar-refractivity contribution >= 4 is 17.7 Å². The van der Waals surface area contributed by atoms with E-state index < -0.39 is 24.2 Å². The van der Waals surface area contributed by atoms with E-state index in [1.54, 1.807) is 37.8 Å². The van der Waals surface area contributed by atoms with E-state index in [0.29, 0.717) is 24.2 Å². The summed E-state index contributed by atoms with van der Waals surface area (Å²) in [4.78, 5) is 18.3. The Morgan fingerprint density at radius 2 is 2.03 bits per heavy atom. The molecule has 2 aromatic rings. The Balaban J connectivity index is 1.78. The van der Waals surface area contributed by atoms with E-state index in [1.807, 2.05) is 0 Å². The molecule has 0 radical (unpaired) electrons. The molecule has 156 valence electrons. The molecular weight excluding hydrogens is 402 g/mol. The lowest BCUT2D eigenvalue weighted by Crippen LogP contribution is -2.40. The molecule has 0 saturated heterocycles. The van der Waals surface area contributed by atoms with Gasteiger partial charge >= 0.3 is 6.09 Å². The molecule has 1 aromatic carbocycles.